The summed E-state index contributed by atoms with van der Waals surface area (Å²) in [5, 5.41) is 2.85. The first-order valence-electron chi connectivity index (χ1n) is 9.61. The summed E-state index contributed by atoms with van der Waals surface area (Å²) in [4.78, 5) is 28.8. The minimum absolute atomic E-state index is 0.0940. The van der Waals surface area contributed by atoms with Crippen molar-refractivity contribution in [3.05, 3.63) is 45.7 Å². The zero-order valence-corrected chi connectivity index (χ0v) is 18.2. The number of hydrogen-bond acceptors (Lipinski definition) is 6. The number of pyridine rings is 1. The Morgan fingerprint density at radius 2 is 1.80 bits per heavy atom. The average Bonchev–Trinajstić information content (AvgIpc) is 3.23. The summed E-state index contributed by atoms with van der Waals surface area (Å²) < 4.78 is 16.2. The lowest BCUT2D eigenvalue weighted by Gasteiger charge is -2.16. The average molecular weight is 453 g/mol. The number of methoxy groups -OCH3 is 1. The standard InChI is InChI=1S/C21H22Cl2N2O5/c1-3-29-21(27)12-8-14(22)19(15(23)9-12)25-20(26)16-10-17(18(28-2)11-24-16)30-13-6-4-5-7-13/h8-11,13H,3-7H2,1-2H3,(H,25,26). The predicted octanol–water partition coefficient (Wildman–Crippen LogP) is 5.15. The molecule has 0 spiro atoms. The number of amides is 1. The maximum absolute atomic E-state index is 12.7. The van der Waals surface area contributed by atoms with Crippen molar-refractivity contribution in [1.29, 1.82) is 0 Å². The van der Waals surface area contributed by atoms with Crippen LogP contribution < -0.4 is 14.8 Å². The Hall–Kier alpha value is -2.51. The lowest BCUT2D eigenvalue weighted by Crippen LogP contribution is -2.17. The van der Waals surface area contributed by atoms with E-state index in [4.69, 9.17) is 37.4 Å². The largest absolute Gasteiger partial charge is 0.491 e. The molecule has 2 aromatic rings. The van der Waals surface area contributed by atoms with E-state index in [1.807, 2.05) is 0 Å². The minimum Gasteiger partial charge on any atom is -0.491 e. The van der Waals surface area contributed by atoms with E-state index < -0.39 is 11.9 Å². The Kier molecular flexibility index (Phi) is 7.39. The zero-order chi connectivity index (χ0) is 21.7. The molecule has 0 aliphatic heterocycles. The first-order valence-corrected chi connectivity index (χ1v) is 10.4. The van der Waals surface area contributed by atoms with E-state index in [1.54, 1.807) is 6.92 Å². The van der Waals surface area contributed by atoms with Gasteiger partial charge in [0.15, 0.2) is 11.5 Å². The van der Waals surface area contributed by atoms with Crippen molar-refractivity contribution in [2.75, 3.05) is 19.0 Å². The molecule has 3 rings (SSSR count). The van der Waals surface area contributed by atoms with Crippen molar-refractivity contribution in [3.63, 3.8) is 0 Å². The Labute approximate surface area is 184 Å². The molecule has 1 aliphatic rings. The van der Waals surface area contributed by atoms with Crippen LogP contribution in [0.3, 0.4) is 0 Å². The maximum Gasteiger partial charge on any atom is 0.338 e. The van der Waals surface area contributed by atoms with E-state index >= 15 is 0 Å². The summed E-state index contributed by atoms with van der Waals surface area (Å²) in [5.74, 6) is -0.168. The van der Waals surface area contributed by atoms with Gasteiger partial charge in [-0.3, -0.25) is 4.79 Å². The lowest BCUT2D eigenvalue weighted by atomic mass is 10.2. The second-order valence-corrected chi connectivity index (χ2v) is 7.55. The van der Waals surface area contributed by atoms with Crippen LogP contribution >= 0.6 is 23.2 Å². The molecule has 1 amide bonds. The fourth-order valence-electron chi connectivity index (χ4n) is 3.18. The number of halogens is 2. The van der Waals surface area contributed by atoms with Crippen LogP contribution in [0.25, 0.3) is 0 Å². The molecular weight excluding hydrogens is 431 g/mol. The van der Waals surface area contributed by atoms with Crippen molar-refractivity contribution < 1.29 is 23.8 Å². The molecule has 0 bridgehead atoms. The number of esters is 1. The molecule has 1 fully saturated rings. The Morgan fingerprint density at radius 3 is 2.40 bits per heavy atom. The molecule has 1 heterocycles. The van der Waals surface area contributed by atoms with Gasteiger partial charge < -0.3 is 19.5 Å². The molecule has 30 heavy (non-hydrogen) atoms. The highest BCUT2D eigenvalue weighted by atomic mass is 35.5. The quantitative estimate of drug-likeness (QED) is 0.584. The molecule has 7 nitrogen and oxygen atoms in total. The summed E-state index contributed by atoms with van der Waals surface area (Å²) in [6, 6.07) is 4.30. The van der Waals surface area contributed by atoms with E-state index in [1.165, 1.54) is 31.5 Å². The van der Waals surface area contributed by atoms with Gasteiger partial charge in [-0.2, -0.15) is 0 Å². The molecule has 0 saturated heterocycles. The van der Waals surface area contributed by atoms with Crippen LogP contribution in [0.15, 0.2) is 24.4 Å². The Morgan fingerprint density at radius 1 is 1.13 bits per heavy atom. The smallest absolute Gasteiger partial charge is 0.338 e. The van der Waals surface area contributed by atoms with Crippen molar-refractivity contribution >= 4 is 40.8 Å². The van der Waals surface area contributed by atoms with Crippen LogP contribution in [-0.4, -0.2) is 36.7 Å². The number of hydrogen-bond donors (Lipinski definition) is 1. The van der Waals surface area contributed by atoms with Gasteiger partial charge in [0.1, 0.15) is 5.69 Å². The van der Waals surface area contributed by atoms with Gasteiger partial charge in [0, 0.05) is 6.07 Å². The van der Waals surface area contributed by atoms with Crippen LogP contribution in [0, 0.1) is 0 Å². The second kappa shape index (κ2) is 10.00. The third-order valence-electron chi connectivity index (χ3n) is 4.67. The minimum atomic E-state index is -0.551. The molecule has 1 aliphatic carbocycles. The topological polar surface area (TPSA) is 86.8 Å². The van der Waals surface area contributed by atoms with Crippen molar-refractivity contribution in [1.82, 2.24) is 4.98 Å². The number of benzene rings is 1. The molecule has 160 valence electrons. The maximum atomic E-state index is 12.7. The first kappa shape index (κ1) is 22.2. The molecule has 1 N–H and O–H groups in total. The van der Waals surface area contributed by atoms with Crippen LogP contribution in [0.5, 0.6) is 11.5 Å². The molecule has 0 radical (unpaired) electrons. The van der Waals surface area contributed by atoms with Gasteiger partial charge in [-0.25, -0.2) is 9.78 Å². The number of anilines is 1. The van der Waals surface area contributed by atoms with Crippen LogP contribution in [0.4, 0.5) is 5.69 Å². The first-order chi connectivity index (χ1) is 14.4. The highest BCUT2D eigenvalue weighted by Crippen LogP contribution is 2.34. The second-order valence-electron chi connectivity index (χ2n) is 6.73. The van der Waals surface area contributed by atoms with Crippen molar-refractivity contribution in [3.8, 4) is 11.5 Å². The number of nitrogens with one attached hydrogen (secondary N) is 1. The molecule has 0 unspecified atom stereocenters. The molecule has 9 heteroatoms. The molecule has 0 atom stereocenters. The number of rotatable bonds is 7. The predicted molar refractivity (Wildman–Crippen MR) is 114 cm³/mol. The van der Waals surface area contributed by atoms with E-state index in [0.717, 1.165) is 25.7 Å². The fourth-order valence-corrected chi connectivity index (χ4v) is 3.76. The van der Waals surface area contributed by atoms with Gasteiger partial charge >= 0.3 is 5.97 Å². The molecule has 1 saturated carbocycles. The van der Waals surface area contributed by atoms with Gasteiger partial charge in [0.05, 0.1) is 47.3 Å². The third kappa shape index (κ3) is 5.15. The normalized spacial score (nSPS) is 13.7. The SMILES string of the molecule is CCOC(=O)c1cc(Cl)c(NC(=O)c2cc(OC3CCCC3)c(OC)cn2)c(Cl)c1. The highest BCUT2D eigenvalue weighted by Gasteiger charge is 2.21. The fraction of sp³-hybridized carbons (Fsp3) is 0.381. The van der Waals surface area contributed by atoms with E-state index in [2.05, 4.69) is 10.3 Å². The van der Waals surface area contributed by atoms with Crippen LogP contribution in [0.2, 0.25) is 10.0 Å². The summed E-state index contributed by atoms with van der Waals surface area (Å²) in [6.45, 7) is 1.92. The summed E-state index contributed by atoms with van der Waals surface area (Å²) in [7, 11) is 1.52. The lowest BCUT2D eigenvalue weighted by molar-refractivity contribution is 0.0526. The highest BCUT2D eigenvalue weighted by molar-refractivity contribution is 6.40. The molecule has 1 aromatic carbocycles. The number of aromatic nitrogens is 1. The molecule has 1 aromatic heterocycles. The number of nitrogens with zero attached hydrogens (tertiary/aromatic N) is 1. The summed E-state index contributed by atoms with van der Waals surface area (Å²) >= 11 is 12.5. The van der Waals surface area contributed by atoms with E-state index in [0.29, 0.717) is 11.5 Å². The summed E-state index contributed by atoms with van der Waals surface area (Å²) in [6.07, 6.45) is 5.69. The monoisotopic (exact) mass is 452 g/mol. The number of carbonyl (C=O) groups is 2. The van der Waals surface area contributed by atoms with Gasteiger partial charge in [-0.05, 0) is 44.7 Å². The van der Waals surface area contributed by atoms with E-state index in [-0.39, 0.29) is 39.7 Å². The van der Waals surface area contributed by atoms with Gasteiger partial charge in [-0.15, -0.1) is 0 Å². The number of ether oxygens (including phenoxy) is 3. The number of carbonyl (C=O) groups excluding carboxylic acids is 2. The van der Waals surface area contributed by atoms with Gasteiger partial charge in [-0.1, -0.05) is 23.2 Å². The van der Waals surface area contributed by atoms with Crippen molar-refractivity contribution in [2.24, 2.45) is 0 Å². The Bertz CT molecular complexity index is 922. The van der Waals surface area contributed by atoms with Crippen LogP contribution in [0.1, 0.15) is 53.5 Å². The Balaban J connectivity index is 1.81. The third-order valence-corrected chi connectivity index (χ3v) is 5.27. The van der Waals surface area contributed by atoms with E-state index in [9.17, 15) is 9.59 Å². The van der Waals surface area contributed by atoms with Crippen molar-refractivity contribution in [2.45, 2.75) is 38.7 Å². The zero-order valence-electron chi connectivity index (χ0n) is 16.7. The van der Waals surface area contributed by atoms with Gasteiger partial charge in [0.2, 0.25) is 0 Å². The summed E-state index contributed by atoms with van der Waals surface area (Å²) in [5.41, 5.74) is 0.484. The molecular formula is C21H22Cl2N2O5. The van der Waals surface area contributed by atoms with Gasteiger partial charge in [0.25, 0.3) is 5.91 Å². The van der Waals surface area contributed by atoms with Crippen LogP contribution in [-0.2, 0) is 4.74 Å².